The molecule has 7 heteroatoms. The highest BCUT2D eigenvalue weighted by Crippen LogP contribution is 2.31. The van der Waals surface area contributed by atoms with Crippen molar-refractivity contribution in [3.63, 3.8) is 0 Å². The van der Waals surface area contributed by atoms with E-state index in [4.69, 9.17) is 11.6 Å². The lowest BCUT2D eigenvalue weighted by atomic mass is 9.87. The van der Waals surface area contributed by atoms with Gasteiger partial charge in [0.2, 0.25) is 0 Å². The fourth-order valence-corrected chi connectivity index (χ4v) is 2.85. The van der Waals surface area contributed by atoms with Crippen molar-refractivity contribution in [3.05, 3.63) is 46.7 Å². The molecule has 1 aliphatic heterocycles. The van der Waals surface area contributed by atoms with Crippen molar-refractivity contribution in [2.75, 3.05) is 13.1 Å². The highest BCUT2D eigenvalue weighted by molar-refractivity contribution is 6.30. The molecule has 1 aromatic carbocycles. The number of carbonyl (C=O) groups is 1. The van der Waals surface area contributed by atoms with Gasteiger partial charge < -0.3 is 4.90 Å². The highest BCUT2D eigenvalue weighted by Gasteiger charge is 2.36. The zero-order valence-electron chi connectivity index (χ0n) is 11.9. The van der Waals surface area contributed by atoms with Crippen molar-refractivity contribution in [1.82, 2.24) is 20.3 Å². The van der Waals surface area contributed by atoms with Crippen LogP contribution in [0.5, 0.6) is 0 Å². The summed E-state index contributed by atoms with van der Waals surface area (Å²) in [6.07, 6.45) is 2.36. The van der Waals surface area contributed by atoms with Crippen LogP contribution in [0.4, 0.5) is 4.39 Å². The molecule has 2 aromatic rings. The first kappa shape index (κ1) is 15.0. The zero-order chi connectivity index (χ0) is 15.6. The van der Waals surface area contributed by atoms with Crippen LogP contribution in [0, 0.1) is 0 Å². The molecule has 0 spiro atoms. The average Bonchev–Trinajstić information content (AvgIpc) is 3.04. The molecule has 2 heterocycles. The van der Waals surface area contributed by atoms with Gasteiger partial charge in [0.25, 0.3) is 5.91 Å². The quantitative estimate of drug-likeness (QED) is 0.945. The van der Waals surface area contributed by atoms with Crippen molar-refractivity contribution >= 4 is 17.5 Å². The topological polar surface area (TPSA) is 61.9 Å². The minimum Gasteiger partial charge on any atom is -0.337 e. The van der Waals surface area contributed by atoms with Gasteiger partial charge in [-0.05, 0) is 30.5 Å². The molecule has 1 saturated heterocycles. The first-order chi connectivity index (χ1) is 10.6. The zero-order valence-corrected chi connectivity index (χ0v) is 12.7. The number of H-pyrrole nitrogens is 1. The average molecular weight is 323 g/mol. The van der Waals surface area contributed by atoms with E-state index in [0.29, 0.717) is 37.4 Å². The Bertz CT molecular complexity index is 636. The van der Waals surface area contributed by atoms with Crippen LogP contribution < -0.4 is 0 Å². The number of nitrogens with one attached hydrogen (secondary N) is 1. The summed E-state index contributed by atoms with van der Waals surface area (Å²) in [4.78, 5) is 13.8. The van der Waals surface area contributed by atoms with Crippen LogP contribution in [-0.2, 0) is 6.42 Å². The maximum atomic E-state index is 14.9. The molecule has 0 saturated carbocycles. The van der Waals surface area contributed by atoms with Crippen molar-refractivity contribution in [3.8, 4) is 0 Å². The number of nitrogens with zero attached hydrogens (tertiary/aromatic N) is 3. The molecule has 0 unspecified atom stereocenters. The number of aromatic nitrogens is 3. The fraction of sp³-hybridized carbons (Fsp3) is 0.400. The van der Waals surface area contributed by atoms with Gasteiger partial charge in [0.05, 0.1) is 6.20 Å². The Morgan fingerprint density at radius 3 is 2.59 bits per heavy atom. The van der Waals surface area contributed by atoms with E-state index in [-0.39, 0.29) is 11.6 Å². The van der Waals surface area contributed by atoms with Crippen LogP contribution in [-0.4, -0.2) is 45.0 Å². The van der Waals surface area contributed by atoms with Crippen molar-refractivity contribution in [1.29, 1.82) is 0 Å². The Hall–Kier alpha value is -1.95. The number of hydrogen-bond acceptors (Lipinski definition) is 3. The van der Waals surface area contributed by atoms with E-state index in [2.05, 4.69) is 15.4 Å². The molecule has 22 heavy (non-hydrogen) atoms. The molecular weight excluding hydrogens is 307 g/mol. The summed E-state index contributed by atoms with van der Waals surface area (Å²) in [5.74, 6) is -0.206. The molecule has 5 nitrogen and oxygen atoms in total. The number of likely N-dealkylation sites (tertiary alicyclic amines) is 1. The summed E-state index contributed by atoms with van der Waals surface area (Å²) >= 11 is 5.84. The number of alkyl halides is 1. The summed E-state index contributed by atoms with van der Waals surface area (Å²) in [7, 11) is 0. The molecule has 1 aliphatic rings. The Balaban J connectivity index is 1.60. The monoisotopic (exact) mass is 322 g/mol. The van der Waals surface area contributed by atoms with Gasteiger partial charge in [0, 0.05) is 24.5 Å². The second-order valence-corrected chi connectivity index (χ2v) is 6.04. The first-order valence-electron chi connectivity index (χ1n) is 7.14. The van der Waals surface area contributed by atoms with Crippen LogP contribution >= 0.6 is 11.6 Å². The van der Waals surface area contributed by atoms with Crippen LogP contribution in [0.2, 0.25) is 5.02 Å². The Morgan fingerprint density at radius 2 is 2.00 bits per heavy atom. The van der Waals surface area contributed by atoms with Crippen LogP contribution in [0.1, 0.15) is 28.9 Å². The van der Waals surface area contributed by atoms with Crippen molar-refractivity contribution in [2.24, 2.45) is 0 Å². The molecule has 3 rings (SSSR count). The van der Waals surface area contributed by atoms with Gasteiger partial charge in [-0.3, -0.25) is 4.79 Å². The van der Waals surface area contributed by atoms with E-state index < -0.39 is 5.67 Å². The highest BCUT2D eigenvalue weighted by atomic mass is 35.5. The summed E-state index contributed by atoms with van der Waals surface area (Å²) in [5.41, 5.74) is -0.0960. The van der Waals surface area contributed by atoms with Gasteiger partial charge in [-0.15, -0.1) is 0 Å². The molecular formula is C15H16ClFN4O. The van der Waals surface area contributed by atoms with E-state index in [1.807, 2.05) is 12.1 Å². The third kappa shape index (κ3) is 3.27. The van der Waals surface area contributed by atoms with Crippen LogP contribution in [0.15, 0.2) is 30.5 Å². The van der Waals surface area contributed by atoms with Crippen LogP contribution in [0.3, 0.4) is 0 Å². The number of halogens is 2. The van der Waals surface area contributed by atoms with Gasteiger partial charge in [-0.2, -0.15) is 15.4 Å². The normalized spacial score (nSPS) is 17.5. The Kier molecular flexibility index (Phi) is 4.11. The van der Waals surface area contributed by atoms with E-state index >= 15 is 0 Å². The molecule has 1 N–H and O–H groups in total. The molecule has 116 valence electrons. The predicted molar refractivity (Wildman–Crippen MR) is 80.5 cm³/mol. The maximum absolute atomic E-state index is 14.9. The Morgan fingerprint density at radius 1 is 1.32 bits per heavy atom. The fourth-order valence-electron chi connectivity index (χ4n) is 2.72. The SMILES string of the molecule is O=C(c1cn[nH]n1)N1CCC(F)(Cc2ccc(Cl)cc2)CC1. The van der Waals surface area contributed by atoms with E-state index in [1.54, 1.807) is 17.0 Å². The number of rotatable bonds is 3. The number of carbonyl (C=O) groups excluding carboxylic acids is 1. The van der Waals surface area contributed by atoms with Gasteiger partial charge >= 0.3 is 0 Å². The third-order valence-electron chi connectivity index (χ3n) is 4.02. The summed E-state index contributed by atoms with van der Waals surface area (Å²) in [6.45, 7) is 0.769. The minimum absolute atomic E-state index is 0.206. The van der Waals surface area contributed by atoms with Gasteiger partial charge in [0.15, 0.2) is 5.69 Å². The number of aromatic amines is 1. The second kappa shape index (κ2) is 6.04. The van der Waals surface area contributed by atoms with Crippen molar-refractivity contribution in [2.45, 2.75) is 24.9 Å². The molecule has 0 aliphatic carbocycles. The molecule has 0 bridgehead atoms. The van der Waals surface area contributed by atoms with Gasteiger partial charge in [-0.25, -0.2) is 4.39 Å². The maximum Gasteiger partial charge on any atom is 0.276 e. The van der Waals surface area contributed by atoms with Crippen molar-refractivity contribution < 1.29 is 9.18 Å². The van der Waals surface area contributed by atoms with E-state index in [0.717, 1.165) is 5.56 Å². The largest absolute Gasteiger partial charge is 0.337 e. The summed E-state index contributed by atoms with van der Waals surface area (Å²) < 4.78 is 14.9. The summed E-state index contributed by atoms with van der Waals surface area (Å²) in [6, 6.07) is 7.22. The standard InChI is InChI=1S/C15H16ClFN4O/c16-12-3-1-11(2-4-12)9-15(17)5-7-21(8-6-15)14(22)13-10-18-20-19-13/h1-4,10H,5-9H2,(H,18,19,20). The first-order valence-corrected chi connectivity index (χ1v) is 7.52. The van der Waals surface area contributed by atoms with Gasteiger partial charge in [-0.1, -0.05) is 23.7 Å². The molecule has 0 radical (unpaired) electrons. The molecule has 1 amide bonds. The van der Waals surface area contributed by atoms with Gasteiger partial charge in [0.1, 0.15) is 5.67 Å². The minimum atomic E-state index is -1.28. The number of amides is 1. The molecule has 1 aromatic heterocycles. The lowest BCUT2D eigenvalue weighted by Crippen LogP contribution is -2.45. The number of hydrogen-bond donors (Lipinski definition) is 1. The van der Waals surface area contributed by atoms with E-state index in [1.165, 1.54) is 6.20 Å². The second-order valence-electron chi connectivity index (χ2n) is 5.60. The predicted octanol–water partition coefficient (Wildman–Crippen LogP) is 2.65. The smallest absolute Gasteiger partial charge is 0.276 e. The Labute approximate surface area is 132 Å². The van der Waals surface area contributed by atoms with Crippen LogP contribution in [0.25, 0.3) is 0 Å². The van der Waals surface area contributed by atoms with E-state index in [9.17, 15) is 9.18 Å². The summed E-state index contributed by atoms with van der Waals surface area (Å²) in [5, 5.41) is 10.4. The lowest BCUT2D eigenvalue weighted by Gasteiger charge is -2.36. The number of piperidine rings is 1. The molecule has 1 fully saturated rings. The molecule has 0 atom stereocenters. The lowest BCUT2D eigenvalue weighted by molar-refractivity contribution is 0.0433. The third-order valence-corrected chi connectivity index (χ3v) is 4.27. The number of benzene rings is 1.